The molecule has 9 heteroatoms. The number of piperidine rings is 1. The summed E-state index contributed by atoms with van der Waals surface area (Å²) in [6.45, 7) is 6.01. The molecule has 26 heavy (non-hydrogen) atoms. The standard InChI is InChI=1S/C17H28N8.HI/c1-14-19-8-12-24(14)9-4-3-7-20-17(18-2)25-10-5-15(6-11-25)16-21-13-22-23-16;/h8,12-13,15H,3-7,9-11H2,1-2H3,(H,18,20)(H,21,22,23);1H. The number of halogens is 1. The third kappa shape index (κ3) is 5.42. The van der Waals surface area contributed by atoms with Crippen LogP contribution in [0.2, 0.25) is 0 Å². The largest absolute Gasteiger partial charge is 0.356 e. The number of rotatable bonds is 6. The van der Waals surface area contributed by atoms with Gasteiger partial charge in [-0.15, -0.1) is 24.0 Å². The summed E-state index contributed by atoms with van der Waals surface area (Å²) in [5, 5.41) is 10.5. The van der Waals surface area contributed by atoms with Crippen molar-refractivity contribution in [1.29, 1.82) is 0 Å². The van der Waals surface area contributed by atoms with Crippen molar-refractivity contribution in [3.8, 4) is 0 Å². The van der Waals surface area contributed by atoms with Gasteiger partial charge in [-0.1, -0.05) is 0 Å². The summed E-state index contributed by atoms with van der Waals surface area (Å²) in [5.41, 5.74) is 0. The molecule has 0 saturated carbocycles. The van der Waals surface area contributed by atoms with Gasteiger partial charge < -0.3 is 14.8 Å². The van der Waals surface area contributed by atoms with E-state index in [4.69, 9.17) is 0 Å². The second kappa shape index (κ2) is 10.5. The van der Waals surface area contributed by atoms with Crippen molar-refractivity contribution < 1.29 is 0 Å². The van der Waals surface area contributed by atoms with Crippen molar-refractivity contribution >= 4 is 29.9 Å². The molecule has 0 aromatic carbocycles. The smallest absolute Gasteiger partial charge is 0.193 e. The summed E-state index contributed by atoms with van der Waals surface area (Å²) in [6, 6.07) is 0. The van der Waals surface area contributed by atoms with Gasteiger partial charge in [-0.25, -0.2) is 9.97 Å². The fraction of sp³-hybridized carbons (Fsp3) is 0.647. The fourth-order valence-corrected chi connectivity index (χ4v) is 3.36. The highest BCUT2D eigenvalue weighted by Crippen LogP contribution is 2.24. The summed E-state index contributed by atoms with van der Waals surface area (Å²) in [4.78, 5) is 15.3. The molecule has 0 aliphatic carbocycles. The van der Waals surface area contributed by atoms with Crippen LogP contribution in [0, 0.1) is 6.92 Å². The van der Waals surface area contributed by atoms with Gasteiger partial charge in [-0.05, 0) is 32.6 Å². The fourth-order valence-electron chi connectivity index (χ4n) is 3.36. The highest BCUT2D eigenvalue weighted by atomic mass is 127. The van der Waals surface area contributed by atoms with E-state index in [1.165, 1.54) is 0 Å². The van der Waals surface area contributed by atoms with Gasteiger partial charge in [0.1, 0.15) is 18.0 Å². The van der Waals surface area contributed by atoms with E-state index in [2.05, 4.69) is 39.9 Å². The molecule has 0 radical (unpaired) electrons. The minimum absolute atomic E-state index is 0. The van der Waals surface area contributed by atoms with Crippen LogP contribution < -0.4 is 5.32 Å². The first-order chi connectivity index (χ1) is 12.3. The lowest BCUT2D eigenvalue weighted by molar-refractivity contribution is 0.298. The van der Waals surface area contributed by atoms with Gasteiger partial charge in [-0.2, -0.15) is 5.10 Å². The number of guanidine groups is 1. The zero-order valence-corrected chi connectivity index (χ0v) is 17.9. The van der Waals surface area contributed by atoms with Gasteiger partial charge in [-0.3, -0.25) is 10.1 Å². The Morgan fingerprint density at radius 2 is 2.12 bits per heavy atom. The number of hydrogen-bond acceptors (Lipinski definition) is 4. The van der Waals surface area contributed by atoms with Gasteiger partial charge in [0.15, 0.2) is 5.96 Å². The number of imidazole rings is 1. The van der Waals surface area contributed by atoms with E-state index in [0.29, 0.717) is 5.92 Å². The van der Waals surface area contributed by atoms with Crippen LogP contribution in [0.5, 0.6) is 0 Å². The van der Waals surface area contributed by atoms with Crippen LogP contribution in [0.15, 0.2) is 23.7 Å². The molecule has 144 valence electrons. The van der Waals surface area contributed by atoms with Gasteiger partial charge >= 0.3 is 0 Å². The Kier molecular flexibility index (Phi) is 8.33. The predicted molar refractivity (Wildman–Crippen MR) is 113 cm³/mol. The lowest BCUT2D eigenvalue weighted by Crippen LogP contribution is -2.45. The van der Waals surface area contributed by atoms with Gasteiger partial charge in [0, 0.05) is 51.5 Å². The number of nitrogens with zero attached hydrogens (tertiary/aromatic N) is 6. The second-order valence-electron chi connectivity index (χ2n) is 6.48. The highest BCUT2D eigenvalue weighted by Gasteiger charge is 2.24. The van der Waals surface area contributed by atoms with E-state index in [0.717, 1.165) is 69.5 Å². The number of aromatic nitrogens is 5. The monoisotopic (exact) mass is 472 g/mol. The van der Waals surface area contributed by atoms with Crippen molar-refractivity contribution in [1.82, 2.24) is 34.9 Å². The van der Waals surface area contributed by atoms with Gasteiger partial charge in [0.05, 0.1) is 0 Å². The van der Waals surface area contributed by atoms with E-state index >= 15 is 0 Å². The molecule has 1 fully saturated rings. The Hall–Kier alpha value is -1.65. The molecule has 1 aliphatic rings. The second-order valence-corrected chi connectivity index (χ2v) is 6.48. The Morgan fingerprint density at radius 3 is 2.73 bits per heavy atom. The van der Waals surface area contributed by atoms with E-state index in [9.17, 15) is 0 Å². The summed E-state index contributed by atoms with van der Waals surface area (Å²) in [7, 11) is 1.86. The van der Waals surface area contributed by atoms with Crippen LogP contribution in [0.1, 0.15) is 43.3 Å². The maximum absolute atomic E-state index is 4.44. The molecule has 0 atom stereocenters. The molecule has 8 nitrogen and oxygen atoms in total. The number of likely N-dealkylation sites (tertiary alicyclic amines) is 1. The van der Waals surface area contributed by atoms with Crippen molar-refractivity contribution in [2.24, 2.45) is 4.99 Å². The maximum atomic E-state index is 4.44. The number of aryl methyl sites for hydroxylation is 2. The molecular weight excluding hydrogens is 443 g/mol. The first kappa shape index (κ1) is 20.7. The van der Waals surface area contributed by atoms with Crippen molar-refractivity contribution in [2.75, 3.05) is 26.7 Å². The highest BCUT2D eigenvalue weighted by molar-refractivity contribution is 14.0. The predicted octanol–water partition coefficient (Wildman–Crippen LogP) is 2.16. The van der Waals surface area contributed by atoms with E-state index < -0.39 is 0 Å². The molecule has 0 amide bonds. The number of aromatic amines is 1. The van der Waals surface area contributed by atoms with Crippen LogP contribution >= 0.6 is 24.0 Å². The zero-order chi connectivity index (χ0) is 17.5. The molecule has 2 aromatic rings. The SMILES string of the molecule is CN=C(NCCCCn1ccnc1C)N1CCC(c2ncn[nH]2)CC1.I. The van der Waals surface area contributed by atoms with Crippen molar-refractivity contribution in [2.45, 2.75) is 45.1 Å². The molecule has 3 rings (SSSR count). The Labute approximate surface area is 171 Å². The van der Waals surface area contributed by atoms with E-state index in [1.807, 2.05) is 26.4 Å². The number of nitrogens with one attached hydrogen (secondary N) is 2. The summed E-state index contributed by atoms with van der Waals surface area (Å²) < 4.78 is 2.20. The minimum Gasteiger partial charge on any atom is -0.356 e. The first-order valence-electron chi connectivity index (χ1n) is 9.06. The third-order valence-electron chi connectivity index (χ3n) is 4.86. The van der Waals surface area contributed by atoms with Crippen LogP contribution in [0.4, 0.5) is 0 Å². The third-order valence-corrected chi connectivity index (χ3v) is 4.86. The van der Waals surface area contributed by atoms with Crippen LogP contribution in [-0.4, -0.2) is 62.3 Å². The van der Waals surface area contributed by atoms with E-state index in [-0.39, 0.29) is 24.0 Å². The maximum Gasteiger partial charge on any atom is 0.193 e. The molecule has 2 aromatic heterocycles. The first-order valence-corrected chi connectivity index (χ1v) is 9.06. The quantitative estimate of drug-likeness (QED) is 0.291. The average molecular weight is 472 g/mol. The van der Waals surface area contributed by atoms with E-state index in [1.54, 1.807) is 6.33 Å². The Balaban J connectivity index is 0.00000243. The number of H-pyrrole nitrogens is 1. The lowest BCUT2D eigenvalue weighted by Gasteiger charge is -2.33. The molecule has 1 aliphatic heterocycles. The molecule has 0 bridgehead atoms. The molecule has 2 N–H and O–H groups in total. The summed E-state index contributed by atoms with van der Waals surface area (Å²) >= 11 is 0. The number of aliphatic imine (C=N–C) groups is 1. The van der Waals surface area contributed by atoms with Crippen molar-refractivity contribution in [3.63, 3.8) is 0 Å². The van der Waals surface area contributed by atoms with Crippen LogP contribution in [0.25, 0.3) is 0 Å². The minimum atomic E-state index is 0. The van der Waals surface area contributed by atoms with Crippen LogP contribution in [-0.2, 0) is 6.54 Å². The number of unbranched alkanes of at least 4 members (excludes halogenated alkanes) is 1. The Bertz CT molecular complexity index is 658. The summed E-state index contributed by atoms with van der Waals surface area (Å²) in [6.07, 6.45) is 9.90. The lowest BCUT2D eigenvalue weighted by atomic mass is 9.96. The molecule has 1 saturated heterocycles. The molecule has 0 unspecified atom stereocenters. The van der Waals surface area contributed by atoms with Crippen LogP contribution in [0.3, 0.4) is 0 Å². The topological polar surface area (TPSA) is 87.0 Å². The molecule has 3 heterocycles. The van der Waals surface area contributed by atoms with Gasteiger partial charge in [0.25, 0.3) is 0 Å². The Morgan fingerprint density at radius 1 is 1.31 bits per heavy atom. The zero-order valence-electron chi connectivity index (χ0n) is 15.6. The van der Waals surface area contributed by atoms with Crippen molar-refractivity contribution in [3.05, 3.63) is 30.4 Å². The number of hydrogen-bond donors (Lipinski definition) is 2. The normalized spacial score (nSPS) is 15.8. The summed E-state index contributed by atoms with van der Waals surface area (Å²) in [5.74, 6) is 3.58. The average Bonchev–Trinajstić information content (AvgIpc) is 3.31. The molecular formula is C17H29IN8. The molecule has 0 spiro atoms. The van der Waals surface area contributed by atoms with Gasteiger partial charge in [0.2, 0.25) is 0 Å².